The maximum absolute atomic E-state index is 12.0. The van der Waals surface area contributed by atoms with Gasteiger partial charge < -0.3 is 15.6 Å². The summed E-state index contributed by atoms with van der Waals surface area (Å²) < 4.78 is 2.17. The van der Waals surface area contributed by atoms with Crippen molar-refractivity contribution in [2.75, 3.05) is 6.54 Å². The number of halogens is 1. The predicted octanol–water partition coefficient (Wildman–Crippen LogP) is 2.18. The van der Waals surface area contributed by atoms with E-state index < -0.39 is 0 Å². The van der Waals surface area contributed by atoms with Crippen LogP contribution in [0.25, 0.3) is 0 Å². The number of rotatable bonds is 4. The van der Waals surface area contributed by atoms with Crippen molar-refractivity contribution in [1.29, 1.82) is 0 Å². The highest BCUT2D eigenvalue weighted by molar-refractivity contribution is 5.95. The monoisotopic (exact) mass is 273 g/mol. The number of nitrogens with two attached hydrogens (primary N) is 1. The molecule has 3 N–H and O–H groups in total. The first-order chi connectivity index (χ1) is 7.88. The molecule has 0 saturated carbocycles. The topological polar surface area (TPSA) is 60.1 Å². The van der Waals surface area contributed by atoms with Crippen LogP contribution in [-0.2, 0) is 0 Å². The smallest absolute Gasteiger partial charge is 0.253 e. The highest BCUT2D eigenvalue weighted by Crippen LogP contribution is 2.19. The Morgan fingerprint density at radius 3 is 2.33 bits per heavy atom. The van der Waals surface area contributed by atoms with Gasteiger partial charge in [-0.05, 0) is 40.7 Å². The molecule has 1 amide bonds. The lowest BCUT2D eigenvalue weighted by atomic mass is 10.2. The van der Waals surface area contributed by atoms with Crippen molar-refractivity contribution in [3.8, 4) is 0 Å². The van der Waals surface area contributed by atoms with Gasteiger partial charge in [-0.15, -0.1) is 12.4 Å². The summed E-state index contributed by atoms with van der Waals surface area (Å²) in [5, 5.41) is 2.89. The molecule has 0 aliphatic heterocycles. The van der Waals surface area contributed by atoms with Crippen molar-refractivity contribution in [3.63, 3.8) is 0 Å². The molecule has 0 aliphatic rings. The third-order valence-corrected chi connectivity index (χ3v) is 2.98. The van der Waals surface area contributed by atoms with Gasteiger partial charge in [0.1, 0.15) is 0 Å². The number of carbonyl (C=O) groups is 1. The summed E-state index contributed by atoms with van der Waals surface area (Å²) in [7, 11) is 0. The summed E-state index contributed by atoms with van der Waals surface area (Å²) in [5.74, 6) is -0.0389. The molecule has 18 heavy (non-hydrogen) atoms. The van der Waals surface area contributed by atoms with Crippen LogP contribution in [0.15, 0.2) is 6.07 Å². The Balaban J connectivity index is 0.00000289. The number of nitrogens with one attached hydrogen (secondary N) is 1. The standard InChI is InChI=1S/C13H23N3O.ClH/c1-8(2)16-10(4)6-12(11(16)5)13(17)15-9(3)7-14;/h6,8-9H,7,14H2,1-5H3,(H,15,17);1H/t9-;/m0./s1. The van der Waals surface area contributed by atoms with Crippen molar-refractivity contribution in [1.82, 2.24) is 9.88 Å². The summed E-state index contributed by atoms with van der Waals surface area (Å²) in [6, 6.07) is 2.31. The summed E-state index contributed by atoms with van der Waals surface area (Å²) >= 11 is 0. The number of aromatic nitrogens is 1. The second kappa shape index (κ2) is 6.81. The summed E-state index contributed by atoms with van der Waals surface area (Å²) in [6.07, 6.45) is 0. The Labute approximate surface area is 115 Å². The molecular weight excluding hydrogens is 250 g/mol. The van der Waals surface area contributed by atoms with E-state index in [9.17, 15) is 4.79 Å². The Morgan fingerprint density at radius 2 is 1.94 bits per heavy atom. The molecule has 4 nitrogen and oxygen atoms in total. The van der Waals surface area contributed by atoms with Crippen molar-refractivity contribution in [2.45, 2.75) is 46.7 Å². The van der Waals surface area contributed by atoms with Crippen molar-refractivity contribution in [2.24, 2.45) is 5.73 Å². The number of aryl methyl sites for hydroxylation is 1. The molecule has 5 heteroatoms. The molecule has 0 aromatic carbocycles. The van der Waals surface area contributed by atoms with Crippen LogP contribution in [0.2, 0.25) is 0 Å². The highest BCUT2D eigenvalue weighted by Gasteiger charge is 2.17. The van der Waals surface area contributed by atoms with Gasteiger partial charge >= 0.3 is 0 Å². The van der Waals surface area contributed by atoms with Gasteiger partial charge in [0, 0.05) is 30.0 Å². The molecule has 0 fully saturated rings. The van der Waals surface area contributed by atoms with Gasteiger partial charge in [0.2, 0.25) is 0 Å². The maximum Gasteiger partial charge on any atom is 0.253 e. The number of amides is 1. The first kappa shape index (κ1) is 17.0. The van der Waals surface area contributed by atoms with E-state index in [4.69, 9.17) is 5.73 Å². The number of nitrogens with zero attached hydrogens (tertiary/aromatic N) is 1. The third-order valence-electron chi connectivity index (χ3n) is 2.98. The van der Waals surface area contributed by atoms with Gasteiger partial charge in [-0.3, -0.25) is 4.79 Å². The summed E-state index contributed by atoms with van der Waals surface area (Å²) in [4.78, 5) is 12.0. The fraction of sp³-hybridized carbons (Fsp3) is 0.615. The third kappa shape index (κ3) is 3.50. The van der Waals surface area contributed by atoms with E-state index in [1.165, 1.54) is 0 Å². The zero-order valence-electron chi connectivity index (χ0n) is 11.8. The minimum absolute atomic E-state index is 0. The van der Waals surface area contributed by atoms with Crippen LogP contribution in [0.3, 0.4) is 0 Å². The van der Waals surface area contributed by atoms with Gasteiger partial charge in [-0.2, -0.15) is 0 Å². The van der Waals surface area contributed by atoms with Crippen LogP contribution in [0, 0.1) is 13.8 Å². The molecule has 0 saturated heterocycles. The van der Waals surface area contributed by atoms with Crippen molar-refractivity contribution < 1.29 is 4.79 Å². The van der Waals surface area contributed by atoms with E-state index in [1.807, 2.05) is 26.8 Å². The summed E-state index contributed by atoms with van der Waals surface area (Å²) in [6.45, 7) is 10.6. The van der Waals surface area contributed by atoms with Crippen molar-refractivity contribution in [3.05, 3.63) is 23.0 Å². The van der Waals surface area contributed by atoms with E-state index >= 15 is 0 Å². The van der Waals surface area contributed by atoms with E-state index in [0.29, 0.717) is 12.6 Å². The van der Waals surface area contributed by atoms with Crippen molar-refractivity contribution >= 4 is 18.3 Å². The molecule has 1 heterocycles. The van der Waals surface area contributed by atoms with Crippen LogP contribution >= 0.6 is 12.4 Å². The molecule has 0 spiro atoms. The average Bonchev–Trinajstić information content (AvgIpc) is 2.53. The van der Waals surface area contributed by atoms with Gasteiger partial charge in [-0.1, -0.05) is 0 Å². The first-order valence-electron chi connectivity index (χ1n) is 6.07. The van der Waals surface area contributed by atoms with Gasteiger partial charge in [0.05, 0.1) is 5.56 Å². The molecule has 1 rings (SSSR count). The Kier molecular flexibility index (Phi) is 6.43. The first-order valence-corrected chi connectivity index (χ1v) is 6.07. The molecule has 1 atom stereocenters. The van der Waals surface area contributed by atoms with Crippen LogP contribution in [0.4, 0.5) is 0 Å². The van der Waals surface area contributed by atoms with E-state index in [-0.39, 0.29) is 24.4 Å². The van der Waals surface area contributed by atoms with Gasteiger partial charge in [0.15, 0.2) is 0 Å². The Bertz CT molecular complexity index is 413. The molecule has 1 aromatic heterocycles. The zero-order chi connectivity index (χ0) is 13.2. The Morgan fingerprint density at radius 1 is 1.39 bits per heavy atom. The van der Waals surface area contributed by atoms with E-state index in [0.717, 1.165) is 17.0 Å². The fourth-order valence-corrected chi connectivity index (χ4v) is 2.16. The van der Waals surface area contributed by atoms with Crippen LogP contribution in [-0.4, -0.2) is 23.1 Å². The lowest BCUT2D eigenvalue weighted by molar-refractivity contribution is 0.0940. The average molecular weight is 274 g/mol. The normalized spacial score (nSPS) is 12.2. The van der Waals surface area contributed by atoms with Crippen LogP contribution in [0.1, 0.15) is 48.6 Å². The van der Waals surface area contributed by atoms with Gasteiger partial charge in [0.25, 0.3) is 5.91 Å². The highest BCUT2D eigenvalue weighted by atomic mass is 35.5. The minimum atomic E-state index is -0.0389. The molecular formula is C13H24ClN3O. The number of hydrogen-bond acceptors (Lipinski definition) is 2. The molecule has 0 radical (unpaired) electrons. The Hall–Kier alpha value is -1.000. The number of carbonyl (C=O) groups excluding carboxylic acids is 1. The zero-order valence-corrected chi connectivity index (χ0v) is 12.6. The van der Waals surface area contributed by atoms with Crippen LogP contribution < -0.4 is 11.1 Å². The molecule has 0 bridgehead atoms. The molecule has 0 unspecified atom stereocenters. The second-order valence-corrected chi connectivity index (χ2v) is 4.86. The van der Waals surface area contributed by atoms with E-state index in [2.05, 4.69) is 23.7 Å². The number of hydrogen-bond donors (Lipinski definition) is 2. The van der Waals surface area contributed by atoms with E-state index in [1.54, 1.807) is 0 Å². The fourth-order valence-electron chi connectivity index (χ4n) is 2.16. The molecule has 0 aliphatic carbocycles. The summed E-state index contributed by atoms with van der Waals surface area (Å²) in [5.41, 5.74) is 8.37. The quantitative estimate of drug-likeness (QED) is 0.883. The predicted molar refractivity (Wildman–Crippen MR) is 77.5 cm³/mol. The molecule has 104 valence electrons. The maximum atomic E-state index is 12.0. The lowest BCUT2D eigenvalue weighted by Crippen LogP contribution is -2.37. The lowest BCUT2D eigenvalue weighted by Gasteiger charge is -2.14. The largest absolute Gasteiger partial charge is 0.348 e. The van der Waals surface area contributed by atoms with Gasteiger partial charge in [-0.25, -0.2) is 0 Å². The SMILES string of the molecule is Cc1cc(C(=O)N[C@@H](C)CN)c(C)n1C(C)C.Cl. The molecule has 1 aromatic rings. The second-order valence-electron chi connectivity index (χ2n) is 4.86. The minimum Gasteiger partial charge on any atom is -0.348 e. The van der Waals surface area contributed by atoms with Crippen LogP contribution in [0.5, 0.6) is 0 Å².